The fourth-order valence-electron chi connectivity index (χ4n) is 1.20. The van der Waals surface area contributed by atoms with Crippen molar-refractivity contribution in [2.24, 2.45) is 5.41 Å². The molecule has 1 aromatic carbocycles. The maximum Gasteiger partial charge on any atom is 0.312 e. The van der Waals surface area contributed by atoms with Gasteiger partial charge in [0.25, 0.3) is 0 Å². The average molecular weight is 257 g/mol. The van der Waals surface area contributed by atoms with Crippen molar-refractivity contribution in [3.05, 3.63) is 24.0 Å². The molecule has 0 aliphatic carbocycles. The lowest BCUT2D eigenvalue weighted by Crippen LogP contribution is -2.28. The summed E-state index contributed by atoms with van der Waals surface area (Å²) in [6, 6.07) is 4.62. The number of halogens is 1. The molecule has 3 nitrogen and oxygen atoms in total. The lowest BCUT2D eigenvalue weighted by molar-refractivity contribution is -0.149. The summed E-state index contributed by atoms with van der Waals surface area (Å²) in [6.45, 7) is 3.58. The van der Waals surface area contributed by atoms with E-state index in [1.54, 1.807) is 19.9 Å². The number of hydrogen-bond acceptors (Lipinski definition) is 4. The van der Waals surface area contributed by atoms with E-state index in [-0.39, 0.29) is 11.7 Å². The molecular weight excluding hydrogens is 241 g/mol. The van der Waals surface area contributed by atoms with Gasteiger partial charge in [-0.25, -0.2) is 4.39 Å². The number of ether oxygens (including phenoxy) is 1. The van der Waals surface area contributed by atoms with E-state index in [4.69, 9.17) is 10.5 Å². The molecule has 0 radical (unpaired) electrons. The van der Waals surface area contributed by atoms with Crippen molar-refractivity contribution in [3.63, 3.8) is 0 Å². The van der Waals surface area contributed by atoms with Crippen molar-refractivity contribution in [2.75, 3.05) is 18.6 Å². The molecule has 0 aliphatic heterocycles. The second-order valence-corrected chi connectivity index (χ2v) is 5.40. The number of nitrogens with two attached hydrogens (primary N) is 1. The number of hydrogen-bond donors (Lipinski definition) is 1. The van der Waals surface area contributed by atoms with Gasteiger partial charge in [0, 0.05) is 10.6 Å². The summed E-state index contributed by atoms with van der Waals surface area (Å²) >= 11 is 1.40. The number of carbonyl (C=O) groups is 1. The molecule has 0 bridgehead atoms. The Labute approximate surface area is 105 Å². The standard InChI is InChI=1S/C12H16FNO2S/c1-12(2,11(15)16-3)7-17-8-4-5-10(14)9(13)6-8/h4-6H,7,14H2,1-3H3. The second-order valence-electron chi connectivity index (χ2n) is 4.35. The molecule has 0 unspecified atom stereocenters. The zero-order chi connectivity index (χ0) is 13.1. The predicted molar refractivity (Wildman–Crippen MR) is 67.3 cm³/mol. The third-order valence-corrected chi connectivity index (χ3v) is 3.76. The highest BCUT2D eigenvalue weighted by atomic mass is 32.2. The van der Waals surface area contributed by atoms with E-state index in [1.165, 1.54) is 31.0 Å². The first-order valence-electron chi connectivity index (χ1n) is 5.13. The van der Waals surface area contributed by atoms with Crippen LogP contribution in [0.15, 0.2) is 23.1 Å². The van der Waals surface area contributed by atoms with Crippen LogP contribution in [0.5, 0.6) is 0 Å². The Kier molecular flexibility index (Phi) is 4.40. The van der Waals surface area contributed by atoms with Crippen molar-refractivity contribution >= 4 is 23.4 Å². The molecule has 0 fully saturated rings. The molecule has 0 amide bonds. The summed E-state index contributed by atoms with van der Waals surface area (Å²) in [4.78, 5) is 12.2. The van der Waals surface area contributed by atoms with Crippen molar-refractivity contribution in [1.29, 1.82) is 0 Å². The number of benzene rings is 1. The number of anilines is 1. The Morgan fingerprint density at radius 1 is 1.53 bits per heavy atom. The smallest absolute Gasteiger partial charge is 0.312 e. The number of rotatable bonds is 4. The third kappa shape index (κ3) is 3.63. The first kappa shape index (κ1) is 13.8. The predicted octanol–water partition coefficient (Wildman–Crippen LogP) is 2.70. The highest BCUT2D eigenvalue weighted by Crippen LogP contribution is 2.29. The lowest BCUT2D eigenvalue weighted by atomic mass is 9.97. The summed E-state index contributed by atoms with van der Waals surface area (Å²) < 4.78 is 17.9. The number of carbonyl (C=O) groups excluding carboxylic acids is 1. The monoisotopic (exact) mass is 257 g/mol. The number of methoxy groups -OCH3 is 1. The molecule has 0 atom stereocenters. The Hall–Kier alpha value is -1.23. The van der Waals surface area contributed by atoms with Gasteiger partial charge in [0.1, 0.15) is 5.82 Å². The molecule has 2 N–H and O–H groups in total. The van der Waals surface area contributed by atoms with Crippen LogP contribution in [0, 0.1) is 11.2 Å². The van der Waals surface area contributed by atoms with Crippen LogP contribution in [0.3, 0.4) is 0 Å². The Balaban J connectivity index is 2.67. The molecule has 94 valence electrons. The fourth-order valence-corrected chi connectivity index (χ4v) is 2.19. The van der Waals surface area contributed by atoms with Crippen molar-refractivity contribution in [1.82, 2.24) is 0 Å². The molecule has 1 aromatic rings. The van der Waals surface area contributed by atoms with E-state index >= 15 is 0 Å². The fraction of sp³-hybridized carbons (Fsp3) is 0.417. The van der Waals surface area contributed by atoms with Gasteiger partial charge in [-0.05, 0) is 32.0 Å². The van der Waals surface area contributed by atoms with Gasteiger partial charge >= 0.3 is 5.97 Å². The summed E-state index contributed by atoms with van der Waals surface area (Å²) in [5.41, 5.74) is 4.91. The molecule has 0 saturated heterocycles. The van der Waals surface area contributed by atoms with E-state index in [2.05, 4.69) is 0 Å². The molecule has 0 heterocycles. The second kappa shape index (κ2) is 5.40. The van der Waals surface area contributed by atoms with Gasteiger partial charge in [0.05, 0.1) is 18.2 Å². The zero-order valence-electron chi connectivity index (χ0n) is 10.1. The number of nitrogen functional groups attached to an aromatic ring is 1. The normalized spacial score (nSPS) is 11.3. The first-order valence-corrected chi connectivity index (χ1v) is 6.11. The van der Waals surface area contributed by atoms with Crippen LogP contribution in [0.25, 0.3) is 0 Å². The van der Waals surface area contributed by atoms with Gasteiger partial charge < -0.3 is 10.5 Å². The van der Waals surface area contributed by atoms with E-state index in [1.807, 2.05) is 0 Å². The molecule has 17 heavy (non-hydrogen) atoms. The highest BCUT2D eigenvalue weighted by molar-refractivity contribution is 7.99. The lowest BCUT2D eigenvalue weighted by Gasteiger charge is -2.20. The summed E-state index contributed by atoms with van der Waals surface area (Å²) in [5.74, 6) is -0.199. The van der Waals surface area contributed by atoms with Gasteiger partial charge in [-0.2, -0.15) is 0 Å². The summed E-state index contributed by atoms with van der Waals surface area (Å²) in [5, 5.41) is 0. The molecule has 0 aromatic heterocycles. The number of esters is 1. The van der Waals surface area contributed by atoms with E-state index in [0.29, 0.717) is 5.75 Å². The maximum absolute atomic E-state index is 13.2. The van der Waals surface area contributed by atoms with Crippen LogP contribution in [0.1, 0.15) is 13.8 Å². The Morgan fingerprint density at radius 2 is 2.18 bits per heavy atom. The molecule has 0 aliphatic rings. The van der Waals surface area contributed by atoms with Gasteiger partial charge in [-0.15, -0.1) is 11.8 Å². The third-order valence-electron chi connectivity index (χ3n) is 2.31. The Bertz CT molecular complexity index is 421. The van der Waals surface area contributed by atoms with E-state index < -0.39 is 11.2 Å². The average Bonchev–Trinajstić information content (AvgIpc) is 2.29. The topological polar surface area (TPSA) is 52.3 Å². The van der Waals surface area contributed by atoms with Crippen molar-refractivity contribution in [2.45, 2.75) is 18.7 Å². The molecule has 0 saturated carbocycles. The quantitative estimate of drug-likeness (QED) is 0.512. The van der Waals surface area contributed by atoms with Crippen LogP contribution in [-0.4, -0.2) is 18.8 Å². The highest BCUT2D eigenvalue weighted by Gasteiger charge is 2.28. The van der Waals surface area contributed by atoms with Crippen LogP contribution < -0.4 is 5.73 Å². The molecular formula is C12H16FNO2S. The number of thioether (sulfide) groups is 1. The van der Waals surface area contributed by atoms with Gasteiger partial charge in [-0.1, -0.05) is 0 Å². The van der Waals surface area contributed by atoms with E-state index in [0.717, 1.165) is 4.90 Å². The van der Waals surface area contributed by atoms with Gasteiger partial charge in [-0.3, -0.25) is 4.79 Å². The van der Waals surface area contributed by atoms with Crippen LogP contribution >= 0.6 is 11.8 Å². The summed E-state index contributed by atoms with van der Waals surface area (Å²) in [6.07, 6.45) is 0. The minimum Gasteiger partial charge on any atom is -0.469 e. The van der Waals surface area contributed by atoms with E-state index in [9.17, 15) is 9.18 Å². The zero-order valence-corrected chi connectivity index (χ0v) is 10.9. The van der Waals surface area contributed by atoms with Gasteiger partial charge in [0.2, 0.25) is 0 Å². The summed E-state index contributed by atoms with van der Waals surface area (Å²) in [7, 11) is 1.36. The van der Waals surface area contributed by atoms with Crippen molar-refractivity contribution < 1.29 is 13.9 Å². The van der Waals surface area contributed by atoms with Crippen LogP contribution in [0.4, 0.5) is 10.1 Å². The molecule has 0 spiro atoms. The van der Waals surface area contributed by atoms with Crippen LogP contribution in [0.2, 0.25) is 0 Å². The van der Waals surface area contributed by atoms with Gasteiger partial charge in [0.15, 0.2) is 0 Å². The maximum atomic E-state index is 13.2. The van der Waals surface area contributed by atoms with Crippen LogP contribution in [-0.2, 0) is 9.53 Å². The SMILES string of the molecule is COC(=O)C(C)(C)CSc1ccc(N)c(F)c1. The Morgan fingerprint density at radius 3 is 2.71 bits per heavy atom. The molecule has 1 rings (SSSR count). The minimum absolute atomic E-state index is 0.126. The molecule has 5 heteroatoms. The van der Waals surface area contributed by atoms with Crippen molar-refractivity contribution in [3.8, 4) is 0 Å². The first-order chi connectivity index (χ1) is 7.86. The minimum atomic E-state index is -0.600. The largest absolute Gasteiger partial charge is 0.469 e.